The van der Waals surface area contributed by atoms with Crippen LogP contribution in [0.3, 0.4) is 0 Å². The Morgan fingerprint density at radius 2 is 2.12 bits per heavy atom. The molecule has 1 atom stereocenters. The van der Waals surface area contributed by atoms with E-state index in [-0.39, 0.29) is 11.8 Å². The Kier molecular flexibility index (Phi) is 5.72. The van der Waals surface area contributed by atoms with Crippen LogP contribution in [-0.4, -0.2) is 69.8 Å². The van der Waals surface area contributed by atoms with Gasteiger partial charge in [-0.1, -0.05) is 12.6 Å². The smallest absolute Gasteiger partial charge is 0.245 e. The van der Waals surface area contributed by atoms with Gasteiger partial charge in [0.1, 0.15) is 18.0 Å². The van der Waals surface area contributed by atoms with Crippen LogP contribution in [0.4, 0.5) is 17.3 Å². The highest BCUT2D eigenvalue weighted by molar-refractivity contribution is 5.87. The number of carbonyl (C=O) groups excluding carboxylic acids is 1. The zero-order valence-electron chi connectivity index (χ0n) is 18.0. The number of carbonyl (C=O) groups is 1. The largest absolute Gasteiger partial charge is 0.378 e. The standard InChI is InChI=1S/C23H27N7O2/c1-2-22(31)29-8-4-5-17(14-29)18-13-19(23-24-16-25-30(23)15-18)26-20-6-3-7-21(27-20)28-9-11-32-12-10-28/h2-3,6-7,13,15-17H,1,4-5,8-12,14H2,(H,26,27). The summed E-state index contributed by atoms with van der Waals surface area (Å²) in [4.78, 5) is 25.5. The van der Waals surface area contributed by atoms with Crippen LogP contribution in [0, 0.1) is 0 Å². The molecule has 0 saturated carbocycles. The lowest BCUT2D eigenvalue weighted by atomic mass is 9.91. The molecule has 2 aliphatic rings. The second-order valence-corrected chi connectivity index (χ2v) is 8.15. The van der Waals surface area contributed by atoms with Crippen molar-refractivity contribution in [3.8, 4) is 0 Å². The van der Waals surface area contributed by atoms with Gasteiger partial charge in [0.2, 0.25) is 5.91 Å². The molecule has 5 heterocycles. The van der Waals surface area contributed by atoms with Crippen molar-refractivity contribution >= 4 is 28.9 Å². The van der Waals surface area contributed by atoms with Crippen molar-refractivity contribution in [1.82, 2.24) is 24.5 Å². The molecule has 2 aliphatic heterocycles. The third-order valence-electron chi connectivity index (χ3n) is 6.11. The zero-order valence-corrected chi connectivity index (χ0v) is 18.0. The summed E-state index contributed by atoms with van der Waals surface area (Å²) in [7, 11) is 0. The van der Waals surface area contributed by atoms with Crippen LogP contribution >= 0.6 is 0 Å². The first-order valence-electron chi connectivity index (χ1n) is 11.0. The second-order valence-electron chi connectivity index (χ2n) is 8.15. The molecule has 9 nitrogen and oxygen atoms in total. The Morgan fingerprint density at radius 3 is 2.97 bits per heavy atom. The second kappa shape index (κ2) is 8.96. The van der Waals surface area contributed by atoms with Crippen LogP contribution < -0.4 is 10.2 Å². The summed E-state index contributed by atoms with van der Waals surface area (Å²) in [6.07, 6.45) is 6.94. The van der Waals surface area contributed by atoms with E-state index < -0.39 is 0 Å². The van der Waals surface area contributed by atoms with Crippen molar-refractivity contribution in [2.24, 2.45) is 0 Å². The Hall–Kier alpha value is -3.46. The van der Waals surface area contributed by atoms with Gasteiger partial charge in [-0.25, -0.2) is 14.5 Å². The van der Waals surface area contributed by atoms with E-state index >= 15 is 0 Å². The van der Waals surface area contributed by atoms with E-state index in [1.807, 2.05) is 29.3 Å². The van der Waals surface area contributed by atoms with Crippen LogP contribution in [0.2, 0.25) is 0 Å². The van der Waals surface area contributed by atoms with Crippen molar-refractivity contribution in [2.45, 2.75) is 18.8 Å². The molecule has 0 bridgehead atoms. The molecule has 0 aromatic carbocycles. The first kappa shape index (κ1) is 20.4. The maximum atomic E-state index is 12.1. The quantitative estimate of drug-likeness (QED) is 0.619. The molecule has 1 N–H and O–H groups in total. The molecule has 1 amide bonds. The molecule has 2 fully saturated rings. The van der Waals surface area contributed by atoms with E-state index in [0.29, 0.717) is 19.8 Å². The lowest BCUT2D eigenvalue weighted by Crippen LogP contribution is -2.38. The molecule has 1 unspecified atom stereocenters. The molecule has 0 aliphatic carbocycles. The molecule has 3 aromatic heterocycles. The van der Waals surface area contributed by atoms with Crippen molar-refractivity contribution in [3.63, 3.8) is 0 Å². The van der Waals surface area contributed by atoms with E-state index in [2.05, 4.69) is 32.9 Å². The molecule has 32 heavy (non-hydrogen) atoms. The fourth-order valence-electron chi connectivity index (χ4n) is 4.44. The molecule has 5 rings (SSSR count). The van der Waals surface area contributed by atoms with Gasteiger partial charge < -0.3 is 19.9 Å². The van der Waals surface area contributed by atoms with E-state index in [9.17, 15) is 4.79 Å². The van der Waals surface area contributed by atoms with Gasteiger partial charge in [0.05, 0.1) is 18.9 Å². The minimum absolute atomic E-state index is 0.0148. The number of ether oxygens (including phenoxy) is 1. The fourth-order valence-corrected chi connectivity index (χ4v) is 4.44. The Bertz CT molecular complexity index is 1120. The lowest BCUT2D eigenvalue weighted by molar-refractivity contribution is -0.127. The van der Waals surface area contributed by atoms with E-state index in [0.717, 1.165) is 61.0 Å². The first-order chi connectivity index (χ1) is 15.7. The lowest BCUT2D eigenvalue weighted by Gasteiger charge is -2.32. The summed E-state index contributed by atoms with van der Waals surface area (Å²) in [6.45, 7) is 8.18. The normalized spacial score (nSPS) is 19.2. The van der Waals surface area contributed by atoms with Crippen molar-refractivity contribution < 1.29 is 9.53 Å². The minimum atomic E-state index is -0.0148. The fraction of sp³-hybridized carbons (Fsp3) is 0.391. The van der Waals surface area contributed by atoms with Gasteiger partial charge in [0, 0.05) is 38.3 Å². The van der Waals surface area contributed by atoms with Crippen LogP contribution in [0.25, 0.3) is 5.65 Å². The highest BCUT2D eigenvalue weighted by Crippen LogP contribution is 2.31. The predicted octanol–water partition coefficient (Wildman–Crippen LogP) is 2.60. The number of hydrogen-bond acceptors (Lipinski definition) is 7. The summed E-state index contributed by atoms with van der Waals surface area (Å²) in [5.74, 6) is 1.90. The molecule has 0 radical (unpaired) electrons. The molecule has 3 aromatic rings. The SMILES string of the molecule is C=CC(=O)N1CCCC(c2cc(Nc3cccc(N4CCOCC4)n3)c3ncnn3c2)C1. The summed E-state index contributed by atoms with van der Waals surface area (Å²) < 4.78 is 7.24. The van der Waals surface area contributed by atoms with Crippen LogP contribution in [0.5, 0.6) is 0 Å². The van der Waals surface area contributed by atoms with E-state index in [1.165, 1.54) is 6.08 Å². The maximum absolute atomic E-state index is 12.1. The third kappa shape index (κ3) is 4.16. The maximum Gasteiger partial charge on any atom is 0.245 e. The number of piperidine rings is 1. The Morgan fingerprint density at radius 1 is 1.25 bits per heavy atom. The van der Waals surface area contributed by atoms with Gasteiger partial charge >= 0.3 is 0 Å². The number of nitrogens with zero attached hydrogens (tertiary/aromatic N) is 6. The zero-order chi connectivity index (χ0) is 21.9. The highest BCUT2D eigenvalue weighted by atomic mass is 16.5. The number of morpholine rings is 1. The summed E-state index contributed by atoms with van der Waals surface area (Å²) >= 11 is 0. The van der Waals surface area contributed by atoms with E-state index in [1.54, 1.807) is 10.8 Å². The number of rotatable bonds is 5. The third-order valence-corrected chi connectivity index (χ3v) is 6.11. The van der Waals surface area contributed by atoms with Crippen LogP contribution in [0.1, 0.15) is 24.3 Å². The Labute approximate surface area is 186 Å². The summed E-state index contributed by atoms with van der Waals surface area (Å²) in [6, 6.07) is 8.09. The van der Waals surface area contributed by atoms with E-state index in [4.69, 9.17) is 9.72 Å². The number of aromatic nitrogens is 4. The van der Waals surface area contributed by atoms with Crippen molar-refractivity contribution in [3.05, 3.63) is 55.0 Å². The number of anilines is 3. The first-order valence-corrected chi connectivity index (χ1v) is 11.0. The van der Waals surface area contributed by atoms with Gasteiger partial charge in [-0.2, -0.15) is 5.10 Å². The van der Waals surface area contributed by atoms with Gasteiger partial charge in [-0.3, -0.25) is 4.79 Å². The number of fused-ring (bicyclic) bond motifs is 1. The predicted molar refractivity (Wildman–Crippen MR) is 122 cm³/mol. The van der Waals surface area contributed by atoms with Crippen molar-refractivity contribution in [2.75, 3.05) is 49.6 Å². The monoisotopic (exact) mass is 433 g/mol. The van der Waals surface area contributed by atoms with Gasteiger partial charge in [-0.05, 0) is 42.7 Å². The topological polar surface area (TPSA) is 87.9 Å². The molecule has 2 saturated heterocycles. The summed E-state index contributed by atoms with van der Waals surface area (Å²) in [5.41, 5.74) is 2.71. The van der Waals surface area contributed by atoms with Gasteiger partial charge in [-0.15, -0.1) is 0 Å². The van der Waals surface area contributed by atoms with Crippen molar-refractivity contribution in [1.29, 1.82) is 0 Å². The highest BCUT2D eigenvalue weighted by Gasteiger charge is 2.25. The molecule has 9 heteroatoms. The van der Waals surface area contributed by atoms with Gasteiger partial charge in [0.25, 0.3) is 0 Å². The Balaban J connectivity index is 1.43. The van der Waals surface area contributed by atoms with Gasteiger partial charge in [0.15, 0.2) is 5.65 Å². The average molecular weight is 434 g/mol. The average Bonchev–Trinajstić information content (AvgIpc) is 3.33. The number of pyridine rings is 2. The molecule has 166 valence electrons. The molecule has 0 spiro atoms. The molecular weight excluding hydrogens is 406 g/mol. The van der Waals surface area contributed by atoms with Crippen LogP contribution in [-0.2, 0) is 9.53 Å². The number of amides is 1. The number of likely N-dealkylation sites (tertiary alicyclic amines) is 1. The van der Waals surface area contributed by atoms with Crippen LogP contribution in [0.15, 0.2) is 49.4 Å². The molecular formula is C23H27N7O2. The number of hydrogen-bond donors (Lipinski definition) is 1. The number of nitrogens with one attached hydrogen (secondary N) is 1. The summed E-state index contributed by atoms with van der Waals surface area (Å²) in [5, 5.41) is 7.81. The minimum Gasteiger partial charge on any atom is -0.378 e.